The molecule has 194 valence electrons. The third-order valence-corrected chi connectivity index (χ3v) is 7.09. The van der Waals surface area contributed by atoms with E-state index in [-0.39, 0.29) is 35.8 Å². The van der Waals surface area contributed by atoms with E-state index < -0.39 is 67.1 Å². The van der Waals surface area contributed by atoms with Crippen molar-refractivity contribution in [2.45, 2.75) is 62.5 Å². The van der Waals surface area contributed by atoms with Crippen molar-refractivity contribution in [1.29, 1.82) is 0 Å². The van der Waals surface area contributed by atoms with E-state index in [1.54, 1.807) is 0 Å². The van der Waals surface area contributed by atoms with Crippen molar-refractivity contribution in [2.75, 3.05) is 24.8 Å². The summed E-state index contributed by atoms with van der Waals surface area (Å²) in [6.07, 6.45) is -7.93. The van der Waals surface area contributed by atoms with Crippen LogP contribution in [0.15, 0.2) is 24.3 Å². The maximum absolute atomic E-state index is 15.6. The standard InChI is InChI=1S/C22H27F8NO2S/c1-34(2)12-9-17(7-10-20(23,24)25)31-11-8-16(13-18(32)33)21(26,27)19(31)14-3-5-15(6-4-14)22(28,29)30/h3-6,16-17,19H,7-13H2,1-2H3/p+1/t16-,17-,19+/m0/s1. The molecule has 2 rings (SSSR count). The number of likely N-dealkylation sites (tertiary alicyclic amines) is 1. The van der Waals surface area contributed by atoms with Gasteiger partial charge < -0.3 is 5.11 Å². The summed E-state index contributed by atoms with van der Waals surface area (Å²) in [6.45, 7) is -0.0804. The van der Waals surface area contributed by atoms with E-state index in [2.05, 4.69) is 0 Å². The first-order valence-electron chi connectivity index (χ1n) is 10.7. The second-order valence-corrected chi connectivity index (χ2v) is 11.2. The summed E-state index contributed by atoms with van der Waals surface area (Å²) >= 11 is 0. The molecule has 0 amide bonds. The van der Waals surface area contributed by atoms with Gasteiger partial charge >= 0.3 is 18.3 Å². The van der Waals surface area contributed by atoms with Gasteiger partial charge in [0, 0.05) is 24.8 Å². The molecule has 3 atom stereocenters. The molecule has 1 aromatic carbocycles. The van der Waals surface area contributed by atoms with Crippen LogP contribution in [0.1, 0.15) is 49.3 Å². The van der Waals surface area contributed by atoms with Gasteiger partial charge in [0.1, 0.15) is 5.75 Å². The van der Waals surface area contributed by atoms with Crippen LogP contribution in [0.3, 0.4) is 0 Å². The minimum absolute atomic E-state index is 0.0804. The highest BCUT2D eigenvalue weighted by molar-refractivity contribution is 7.95. The molecule has 0 radical (unpaired) electrons. The highest BCUT2D eigenvalue weighted by Gasteiger charge is 2.55. The SMILES string of the molecule is C[S+](C)CC[C@H](CCC(F)(F)F)N1CC[C@@H](CC(=O)O)C(F)(F)[C@H]1c1ccc(C(F)(F)F)cc1. The maximum atomic E-state index is 15.6. The molecule has 0 unspecified atom stereocenters. The van der Waals surface area contributed by atoms with Crippen molar-refractivity contribution in [3.05, 3.63) is 35.4 Å². The van der Waals surface area contributed by atoms with E-state index in [0.717, 1.165) is 12.1 Å². The molecule has 0 bridgehead atoms. The fourth-order valence-corrected chi connectivity index (χ4v) is 5.10. The number of nitrogens with zero attached hydrogens (tertiary/aromatic N) is 1. The molecule has 3 nitrogen and oxygen atoms in total. The fraction of sp³-hybridized carbons (Fsp3) is 0.682. The molecule has 0 spiro atoms. The van der Waals surface area contributed by atoms with Crippen LogP contribution in [0.5, 0.6) is 0 Å². The molecule has 1 fully saturated rings. The van der Waals surface area contributed by atoms with Crippen LogP contribution in [0.4, 0.5) is 35.1 Å². The third kappa shape index (κ3) is 7.73. The predicted molar refractivity (Wildman–Crippen MR) is 114 cm³/mol. The molecule has 1 aliphatic rings. The highest BCUT2D eigenvalue weighted by Crippen LogP contribution is 2.50. The number of rotatable bonds is 9. The molecule has 1 aromatic rings. The molecule has 1 heterocycles. The quantitative estimate of drug-likeness (QED) is 0.312. The first-order chi connectivity index (χ1) is 15.5. The molecule has 1 aliphatic heterocycles. The normalized spacial score (nSPS) is 22.7. The van der Waals surface area contributed by atoms with Gasteiger partial charge in [-0.1, -0.05) is 12.1 Å². The summed E-state index contributed by atoms with van der Waals surface area (Å²) in [5, 5.41) is 9.08. The van der Waals surface area contributed by atoms with Crippen LogP contribution >= 0.6 is 0 Å². The number of carboxylic acids is 1. The van der Waals surface area contributed by atoms with Gasteiger partial charge in [-0.2, -0.15) is 26.3 Å². The number of hydrogen-bond acceptors (Lipinski definition) is 2. The summed E-state index contributed by atoms with van der Waals surface area (Å²) in [7, 11) is -0.166. The maximum Gasteiger partial charge on any atom is 0.416 e. The molecular formula is C22H28F8NO2S+. The molecule has 0 aliphatic carbocycles. The second kappa shape index (κ2) is 11.0. The number of aliphatic carboxylic acids is 1. The number of hydrogen-bond donors (Lipinski definition) is 1. The van der Waals surface area contributed by atoms with Gasteiger partial charge in [0.15, 0.2) is 0 Å². The molecule has 0 aromatic heterocycles. The fourth-order valence-electron chi connectivity index (χ4n) is 4.36. The largest absolute Gasteiger partial charge is 0.481 e. The average Bonchev–Trinajstić information content (AvgIpc) is 2.67. The highest BCUT2D eigenvalue weighted by atomic mass is 32.2. The number of carboxylic acid groups (broad SMARTS) is 1. The minimum Gasteiger partial charge on any atom is -0.481 e. The van der Waals surface area contributed by atoms with Crippen molar-refractivity contribution in [1.82, 2.24) is 4.90 Å². The summed E-state index contributed by atoms with van der Waals surface area (Å²) in [6, 6.07) is 0.405. The Hall–Kier alpha value is -1.56. The molecule has 1 saturated heterocycles. The summed E-state index contributed by atoms with van der Waals surface area (Å²) in [4.78, 5) is 12.4. The van der Waals surface area contributed by atoms with E-state index >= 15 is 8.78 Å². The van der Waals surface area contributed by atoms with E-state index in [4.69, 9.17) is 5.11 Å². The summed E-state index contributed by atoms with van der Waals surface area (Å²) in [5.74, 6) is -6.21. The van der Waals surface area contributed by atoms with Crippen molar-refractivity contribution in [3.8, 4) is 0 Å². The smallest absolute Gasteiger partial charge is 0.416 e. The Morgan fingerprint density at radius 1 is 1.12 bits per heavy atom. The second-order valence-electron chi connectivity index (χ2n) is 8.80. The van der Waals surface area contributed by atoms with Crippen LogP contribution in [0, 0.1) is 5.92 Å². The summed E-state index contributed by atoms with van der Waals surface area (Å²) < 4.78 is 109. The van der Waals surface area contributed by atoms with Gasteiger partial charge in [0.25, 0.3) is 5.92 Å². The van der Waals surface area contributed by atoms with Gasteiger partial charge in [-0.3, -0.25) is 9.69 Å². The summed E-state index contributed by atoms with van der Waals surface area (Å²) in [5.41, 5.74) is -1.23. The van der Waals surface area contributed by atoms with Crippen LogP contribution in [-0.2, 0) is 21.9 Å². The van der Waals surface area contributed by atoms with E-state index in [1.807, 2.05) is 12.5 Å². The number of carbonyl (C=O) groups is 1. The predicted octanol–water partition coefficient (Wildman–Crippen LogP) is 6.16. The molecule has 12 heteroatoms. The van der Waals surface area contributed by atoms with Crippen molar-refractivity contribution in [3.63, 3.8) is 0 Å². The zero-order chi connectivity index (χ0) is 25.9. The van der Waals surface area contributed by atoms with Gasteiger partial charge in [0.05, 0.1) is 30.5 Å². The average molecular weight is 523 g/mol. The number of benzene rings is 1. The van der Waals surface area contributed by atoms with Gasteiger partial charge in [0.2, 0.25) is 0 Å². The Morgan fingerprint density at radius 2 is 1.71 bits per heavy atom. The minimum atomic E-state index is -4.69. The molecular weight excluding hydrogens is 494 g/mol. The van der Waals surface area contributed by atoms with Crippen LogP contribution in [0.25, 0.3) is 0 Å². The van der Waals surface area contributed by atoms with E-state index in [9.17, 15) is 31.1 Å². The van der Waals surface area contributed by atoms with Crippen LogP contribution in [0.2, 0.25) is 0 Å². The molecule has 0 saturated carbocycles. The number of halogens is 8. The van der Waals surface area contributed by atoms with Crippen molar-refractivity contribution >= 4 is 16.9 Å². The lowest BCUT2D eigenvalue weighted by Gasteiger charge is -2.48. The Balaban J connectivity index is 2.49. The Morgan fingerprint density at radius 3 is 2.18 bits per heavy atom. The number of piperidine rings is 1. The van der Waals surface area contributed by atoms with Crippen LogP contribution < -0.4 is 0 Å². The van der Waals surface area contributed by atoms with E-state index in [1.165, 1.54) is 4.90 Å². The Bertz CT molecular complexity index is 811. The van der Waals surface area contributed by atoms with Crippen molar-refractivity contribution in [2.24, 2.45) is 5.92 Å². The van der Waals surface area contributed by atoms with Crippen molar-refractivity contribution < 1.29 is 45.0 Å². The monoisotopic (exact) mass is 522 g/mol. The first kappa shape index (κ1) is 28.7. The Labute approximate surface area is 195 Å². The zero-order valence-corrected chi connectivity index (χ0v) is 19.5. The van der Waals surface area contributed by atoms with Crippen LogP contribution in [-0.4, -0.2) is 58.9 Å². The van der Waals surface area contributed by atoms with Gasteiger partial charge in [-0.15, -0.1) is 0 Å². The first-order valence-corrected chi connectivity index (χ1v) is 12.9. The number of alkyl halides is 8. The van der Waals surface area contributed by atoms with Gasteiger partial charge in [-0.25, -0.2) is 8.78 Å². The zero-order valence-electron chi connectivity index (χ0n) is 18.7. The molecule has 1 N–H and O–H groups in total. The lowest BCUT2D eigenvalue weighted by molar-refractivity contribution is -0.180. The topological polar surface area (TPSA) is 40.5 Å². The molecule has 34 heavy (non-hydrogen) atoms. The van der Waals surface area contributed by atoms with E-state index in [0.29, 0.717) is 17.9 Å². The Kier molecular flexibility index (Phi) is 9.29. The van der Waals surface area contributed by atoms with Gasteiger partial charge in [-0.05, 0) is 48.0 Å². The third-order valence-electron chi connectivity index (χ3n) is 6.04. The lowest BCUT2D eigenvalue weighted by Crippen LogP contribution is -2.55. The lowest BCUT2D eigenvalue weighted by atomic mass is 9.80.